The highest BCUT2D eigenvalue weighted by atomic mass is 35.5. The van der Waals surface area contributed by atoms with Crippen LogP contribution in [0.5, 0.6) is 0 Å². The molecule has 110 valence electrons. The Balaban J connectivity index is 2.30. The highest BCUT2D eigenvalue weighted by Crippen LogP contribution is 2.33. The molecule has 8 heteroatoms. The van der Waals surface area contributed by atoms with E-state index < -0.39 is 26.6 Å². The van der Waals surface area contributed by atoms with Crippen LogP contribution in [0.2, 0.25) is 5.02 Å². The Kier molecular flexibility index (Phi) is 4.04. The van der Waals surface area contributed by atoms with Crippen LogP contribution in [0.15, 0.2) is 17.0 Å². The van der Waals surface area contributed by atoms with Crippen LogP contribution in [-0.4, -0.2) is 20.4 Å². The van der Waals surface area contributed by atoms with Gasteiger partial charge < -0.3 is 5.32 Å². The minimum absolute atomic E-state index is 0.0144. The highest BCUT2D eigenvalue weighted by molar-refractivity contribution is 7.89. The molecule has 2 atom stereocenters. The van der Waals surface area contributed by atoms with Gasteiger partial charge in [0.2, 0.25) is 10.0 Å². The van der Waals surface area contributed by atoms with E-state index in [9.17, 15) is 17.6 Å². The number of carbonyl (C=O) groups is 1. The van der Waals surface area contributed by atoms with Crippen molar-refractivity contribution in [2.45, 2.75) is 30.7 Å². The van der Waals surface area contributed by atoms with Gasteiger partial charge in [0.15, 0.2) is 0 Å². The van der Waals surface area contributed by atoms with E-state index in [1.54, 1.807) is 0 Å². The molecule has 0 aromatic heterocycles. The van der Waals surface area contributed by atoms with Crippen molar-refractivity contribution in [3.8, 4) is 0 Å². The van der Waals surface area contributed by atoms with Crippen LogP contribution in [0.4, 0.5) is 4.39 Å². The van der Waals surface area contributed by atoms with Crippen molar-refractivity contribution in [3.63, 3.8) is 0 Å². The van der Waals surface area contributed by atoms with Crippen LogP contribution in [-0.2, 0) is 10.0 Å². The molecule has 1 aromatic rings. The number of halogens is 2. The first-order chi connectivity index (χ1) is 9.24. The molecule has 1 aromatic carbocycles. The van der Waals surface area contributed by atoms with E-state index in [0.29, 0.717) is 5.92 Å². The number of carbonyl (C=O) groups excluding carboxylic acids is 1. The quantitative estimate of drug-likeness (QED) is 0.884. The van der Waals surface area contributed by atoms with Crippen molar-refractivity contribution >= 4 is 27.5 Å². The Morgan fingerprint density at radius 2 is 2.20 bits per heavy atom. The molecular weight excluding hydrogens is 307 g/mol. The minimum atomic E-state index is -4.11. The lowest BCUT2D eigenvalue weighted by atomic mass is 10.2. The third-order valence-electron chi connectivity index (χ3n) is 3.34. The number of primary sulfonamides is 1. The zero-order valence-corrected chi connectivity index (χ0v) is 12.3. The van der Waals surface area contributed by atoms with E-state index in [1.165, 1.54) is 0 Å². The second-order valence-corrected chi connectivity index (χ2v) is 6.73. The standard InChI is InChI=1S/C12H14ClFN2O3S/c1-2-6-3-10(6)16-12(17)7-4-11(20(15,18)19)8(13)5-9(7)14/h4-6,10H,2-3H2,1H3,(H,16,17)(H2,15,18,19). The fraction of sp³-hybridized carbons (Fsp3) is 0.417. The molecule has 0 saturated heterocycles. The van der Waals surface area contributed by atoms with Crippen LogP contribution in [0.1, 0.15) is 30.1 Å². The van der Waals surface area contributed by atoms with Crippen molar-refractivity contribution in [3.05, 3.63) is 28.5 Å². The normalized spacial score (nSPS) is 21.6. The molecule has 2 unspecified atom stereocenters. The fourth-order valence-electron chi connectivity index (χ4n) is 2.04. The van der Waals surface area contributed by atoms with Crippen molar-refractivity contribution in [1.29, 1.82) is 0 Å². The van der Waals surface area contributed by atoms with Gasteiger partial charge in [0.25, 0.3) is 5.91 Å². The van der Waals surface area contributed by atoms with E-state index in [-0.39, 0.29) is 16.6 Å². The van der Waals surface area contributed by atoms with Gasteiger partial charge in [-0.15, -0.1) is 0 Å². The van der Waals surface area contributed by atoms with Gasteiger partial charge in [-0.25, -0.2) is 17.9 Å². The number of nitrogens with two attached hydrogens (primary N) is 1. The first kappa shape index (κ1) is 15.2. The second-order valence-electron chi connectivity index (χ2n) is 4.79. The fourth-order valence-corrected chi connectivity index (χ4v) is 3.13. The maximum absolute atomic E-state index is 13.7. The van der Waals surface area contributed by atoms with Gasteiger partial charge in [0.1, 0.15) is 10.7 Å². The van der Waals surface area contributed by atoms with Crippen molar-refractivity contribution in [2.24, 2.45) is 11.1 Å². The van der Waals surface area contributed by atoms with Crippen LogP contribution in [0.25, 0.3) is 0 Å². The molecule has 1 saturated carbocycles. The molecule has 1 aliphatic rings. The third kappa shape index (κ3) is 3.11. The smallest absolute Gasteiger partial charge is 0.254 e. The minimum Gasteiger partial charge on any atom is -0.349 e. The zero-order chi connectivity index (χ0) is 15.1. The zero-order valence-electron chi connectivity index (χ0n) is 10.7. The third-order valence-corrected chi connectivity index (χ3v) is 4.71. The van der Waals surface area contributed by atoms with Crippen LogP contribution in [0, 0.1) is 11.7 Å². The molecule has 0 aliphatic heterocycles. The summed E-state index contributed by atoms with van der Waals surface area (Å²) in [6.45, 7) is 2.00. The number of hydrogen-bond acceptors (Lipinski definition) is 3. The molecule has 2 rings (SSSR count). The summed E-state index contributed by atoms with van der Waals surface area (Å²) in [5.74, 6) is -1.15. The summed E-state index contributed by atoms with van der Waals surface area (Å²) >= 11 is 5.62. The molecule has 0 heterocycles. The summed E-state index contributed by atoms with van der Waals surface area (Å²) < 4.78 is 36.4. The first-order valence-electron chi connectivity index (χ1n) is 6.06. The maximum atomic E-state index is 13.7. The van der Waals surface area contributed by atoms with Gasteiger partial charge in [-0.2, -0.15) is 0 Å². The Morgan fingerprint density at radius 1 is 1.55 bits per heavy atom. The van der Waals surface area contributed by atoms with E-state index in [1.807, 2.05) is 6.92 Å². The second kappa shape index (κ2) is 5.31. The predicted molar refractivity (Wildman–Crippen MR) is 72.4 cm³/mol. The van der Waals surface area contributed by atoms with Gasteiger partial charge in [0, 0.05) is 6.04 Å². The first-order valence-corrected chi connectivity index (χ1v) is 7.99. The largest absolute Gasteiger partial charge is 0.349 e. The molecule has 5 nitrogen and oxygen atoms in total. The predicted octanol–water partition coefficient (Wildman–Crippen LogP) is 1.65. The number of sulfonamides is 1. The van der Waals surface area contributed by atoms with Gasteiger partial charge in [-0.3, -0.25) is 4.79 Å². The molecule has 3 N–H and O–H groups in total. The van der Waals surface area contributed by atoms with Gasteiger partial charge in [-0.1, -0.05) is 24.9 Å². The Morgan fingerprint density at radius 3 is 2.70 bits per heavy atom. The molecular formula is C12H14ClFN2O3S. The number of rotatable bonds is 4. The average Bonchev–Trinajstić information content (AvgIpc) is 3.05. The Bertz CT molecular complexity index is 663. The number of benzene rings is 1. The number of nitrogens with one attached hydrogen (secondary N) is 1. The summed E-state index contributed by atoms with van der Waals surface area (Å²) in [5, 5.41) is 7.27. The van der Waals surface area contributed by atoms with E-state index >= 15 is 0 Å². The van der Waals surface area contributed by atoms with E-state index in [0.717, 1.165) is 25.0 Å². The summed E-state index contributed by atoms with van der Waals surface area (Å²) in [4.78, 5) is 11.5. The summed E-state index contributed by atoms with van der Waals surface area (Å²) in [7, 11) is -4.11. The molecule has 0 radical (unpaired) electrons. The highest BCUT2D eigenvalue weighted by Gasteiger charge is 2.37. The van der Waals surface area contributed by atoms with Gasteiger partial charge in [0.05, 0.1) is 10.6 Å². The lowest BCUT2D eigenvalue weighted by molar-refractivity contribution is 0.0944. The van der Waals surface area contributed by atoms with E-state index in [2.05, 4.69) is 5.32 Å². The van der Waals surface area contributed by atoms with E-state index in [4.69, 9.17) is 16.7 Å². The van der Waals surface area contributed by atoms with Crippen LogP contribution in [0.3, 0.4) is 0 Å². The molecule has 1 fully saturated rings. The van der Waals surface area contributed by atoms with Crippen molar-refractivity contribution < 1.29 is 17.6 Å². The molecule has 20 heavy (non-hydrogen) atoms. The van der Waals surface area contributed by atoms with Crippen LogP contribution < -0.4 is 10.5 Å². The molecule has 1 aliphatic carbocycles. The monoisotopic (exact) mass is 320 g/mol. The Hall–Kier alpha value is -1.18. The number of hydrogen-bond donors (Lipinski definition) is 2. The summed E-state index contributed by atoms with van der Waals surface area (Å²) in [6.07, 6.45) is 1.77. The number of amides is 1. The molecule has 0 bridgehead atoms. The molecule has 0 spiro atoms. The average molecular weight is 321 g/mol. The topological polar surface area (TPSA) is 89.3 Å². The van der Waals surface area contributed by atoms with Crippen molar-refractivity contribution in [1.82, 2.24) is 5.32 Å². The van der Waals surface area contributed by atoms with Gasteiger partial charge >= 0.3 is 0 Å². The van der Waals surface area contributed by atoms with Gasteiger partial charge in [-0.05, 0) is 24.5 Å². The summed E-state index contributed by atoms with van der Waals surface area (Å²) in [6, 6.07) is 1.66. The lowest BCUT2D eigenvalue weighted by Gasteiger charge is -2.08. The maximum Gasteiger partial charge on any atom is 0.254 e. The lowest BCUT2D eigenvalue weighted by Crippen LogP contribution is -2.28. The van der Waals surface area contributed by atoms with Crippen molar-refractivity contribution in [2.75, 3.05) is 0 Å². The summed E-state index contributed by atoms with van der Waals surface area (Å²) in [5.41, 5.74) is -0.375. The van der Waals surface area contributed by atoms with Crippen LogP contribution >= 0.6 is 11.6 Å². The Labute approximate surface area is 121 Å². The molecule has 1 amide bonds. The SMILES string of the molecule is CCC1CC1NC(=O)c1cc(S(N)(=O)=O)c(Cl)cc1F.